The highest BCUT2D eigenvalue weighted by Gasteiger charge is 2.63. The average Bonchev–Trinajstić information content (AvgIpc) is 3.20. The van der Waals surface area contributed by atoms with Gasteiger partial charge in [0.1, 0.15) is 12.2 Å². The van der Waals surface area contributed by atoms with Crippen LogP contribution in [-0.2, 0) is 19.1 Å². The molecule has 10 atom stereocenters. The van der Waals surface area contributed by atoms with E-state index in [1.807, 2.05) is 6.92 Å². The highest BCUT2D eigenvalue weighted by atomic mass is 16.6. The van der Waals surface area contributed by atoms with Gasteiger partial charge in [-0.15, -0.1) is 0 Å². The van der Waals surface area contributed by atoms with Crippen LogP contribution in [0.5, 0.6) is 0 Å². The fourth-order valence-corrected chi connectivity index (χ4v) is 7.48. The van der Waals surface area contributed by atoms with Gasteiger partial charge in [0.2, 0.25) is 0 Å². The average molecular weight is 376 g/mol. The van der Waals surface area contributed by atoms with Crippen LogP contribution >= 0.6 is 0 Å². The summed E-state index contributed by atoms with van der Waals surface area (Å²) in [5, 5.41) is 0. The first-order valence-electron chi connectivity index (χ1n) is 11.2. The molecule has 5 rings (SSSR count). The monoisotopic (exact) mass is 375 g/mol. The molecule has 1 saturated carbocycles. The molecule has 0 radical (unpaired) electrons. The Labute approximate surface area is 162 Å². The molecule has 5 nitrogen and oxygen atoms in total. The van der Waals surface area contributed by atoms with E-state index >= 15 is 0 Å². The van der Waals surface area contributed by atoms with Gasteiger partial charge in [-0.2, -0.15) is 0 Å². The lowest BCUT2D eigenvalue weighted by molar-refractivity contribution is -0.148. The van der Waals surface area contributed by atoms with Gasteiger partial charge >= 0.3 is 11.9 Å². The Morgan fingerprint density at radius 2 is 1.85 bits per heavy atom. The van der Waals surface area contributed by atoms with Gasteiger partial charge in [-0.3, -0.25) is 14.5 Å². The molecule has 5 fully saturated rings. The third kappa shape index (κ3) is 2.53. The lowest BCUT2D eigenvalue weighted by atomic mass is 9.60. The maximum Gasteiger partial charge on any atom is 0.309 e. The molecular formula is C22H33NO4. The molecule has 0 aromatic heterocycles. The number of fused-ring (bicyclic) bond motifs is 2. The summed E-state index contributed by atoms with van der Waals surface area (Å²) in [6.45, 7) is 7.44. The van der Waals surface area contributed by atoms with Crippen LogP contribution < -0.4 is 0 Å². The fraction of sp³-hybridized carbons (Fsp3) is 0.909. The fourth-order valence-electron chi connectivity index (χ4n) is 7.48. The molecule has 0 aromatic carbocycles. The molecule has 27 heavy (non-hydrogen) atoms. The molecule has 0 aromatic rings. The minimum atomic E-state index is -0.0294. The molecule has 0 spiro atoms. The molecule has 0 amide bonds. The number of hydrogen-bond donors (Lipinski definition) is 0. The maximum absolute atomic E-state index is 12.5. The van der Waals surface area contributed by atoms with Crippen molar-refractivity contribution in [2.75, 3.05) is 6.54 Å². The van der Waals surface area contributed by atoms with E-state index in [1.54, 1.807) is 0 Å². The zero-order valence-corrected chi connectivity index (χ0v) is 16.8. The van der Waals surface area contributed by atoms with Crippen molar-refractivity contribution in [2.45, 2.75) is 83.6 Å². The Kier molecular flexibility index (Phi) is 4.30. The highest BCUT2D eigenvalue weighted by molar-refractivity contribution is 5.75. The van der Waals surface area contributed by atoms with Gasteiger partial charge < -0.3 is 9.47 Å². The van der Waals surface area contributed by atoms with Crippen molar-refractivity contribution in [1.82, 2.24) is 4.90 Å². The van der Waals surface area contributed by atoms with E-state index in [0.717, 1.165) is 25.8 Å². The molecule has 4 saturated heterocycles. The SMILES string of the molecule is CC[C@@H]1[C@@H]2CCCCN3[C@@H]2[C@H](C[C@H]3[C@@H]2C[C@H](C)C(=O)O2)[C@H]2[C@@H]1OC(=O)[C@H]2C. The Morgan fingerprint density at radius 1 is 1.04 bits per heavy atom. The quantitative estimate of drug-likeness (QED) is 0.695. The Balaban J connectivity index is 1.51. The van der Waals surface area contributed by atoms with Gasteiger partial charge in [-0.25, -0.2) is 0 Å². The molecule has 5 aliphatic rings. The van der Waals surface area contributed by atoms with Gasteiger partial charge in [0.15, 0.2) is 0 Å². The first-order valence-corrected chi connectivity index (χ1v) is 11.2. The lowest BCUT2D eigenvalue weighted by Gasteiger charge is -2.48. The van der Waals surface area contributed by atoms with Gasteiger partial charge in [0.05, 0.1) is 11.8 Å². The van der Waals surface area contributed by atoms with E-state index < -0.39 is 0 Å². The van der Waals surface area contributed by atoms with Crippen LogP contribution in [0, 0.1) is 35.5 Å². The second-order valence-electron chi connectivity index (χ2n) is 9.81. The largest absolute Gasteiger partial charge is 0.462 e. The Hall–Kier alpha value is -1.10. The second kappa shape index (κ2) is 6.47. The molecule has 1 aliphatic carbocycles. The number of ether oxygens (including phenoxy) is 2. The predicted molar refractivity (Wildman–Crippen MR) is 99.7 cm³/mol. The number of nitrogens with zero attached hydrogens (tertiary/aromatic N) is 1. The van der Waals surface area contributed by atoms with Gasteiger partial charge in [-0.1, -0.05) is 27.2 Å². The Morgan fingerprint density at radius 3 is 2.56 bits per heavy atom. The van der Waals surface area contributed by atoms with Gasteiger partial charge in [0, 0.05) is 23.9 Å². The molecule has 0 unspecified atom stereocenters. The lowest BCUT2D eigenvalue weighted by Crippen LogP contribution is -2.54. The summed E-state index contributed by atoms with van der Waals surface area (Å²) in [5.74, 6) is 1.94. The van der Waals surface area contributed by atoms with Crippen LogP contribution in [0.1, 0.15) is 59.3 Å². The van der Waals surface area contributed by atoms with E-state index in [2.05, 4.69) is 18.7 Å². The molecule has 5 heteroatoms. The van der Waals surface area contributed by atoms with Crippen LogP contribution in [0.25, 0.3) is 0 Å². The number of rotatable bonds is 2. The van der Waals surface area contributed by atoms with Crippen molar-refractivity contribution >= 4 is 11.9 Å². The van der Waals surface area contributed by atoms with Crippen LogP contribution in [0.3, 0.4) is 0 Å². The molecule has 4 heterocycles. The van der Waals surface area contributed by atoms with E-state index in [9.17, 15) is 9.59 Å². The van der Waals surface area contributed by atoms with Crippen LogP contribution in [0.4, 0.5) is 0 Å². The van der Waals surface area contributed by atoms with E-state index in [4.69, 9.17) is 9.47 Å². The van der Waals surface area contributed by atoms with Crippen molar-refractivity contribution in [2.24, 2.45) is 35.5 Å². The smallest absolute Gasteiger partial charge is 0.309 e. The van der Waals surface area contributed by atoms with Crippen molar-refractivity contribution in [1.29, 1.82) is 0 Å². The summed E-state index contributed by atoms with van der Waals surface area (Å²) >= 11 is 0. The highest BCUT2D eigenvalue weighted by Crippen LogP contribution is 2.57. The molecule has 0 bridgehead atoms. The minimum absolute atomic E-state index is 0.00362. The second-order valence-corrected chi connectivity index (χ2v) is 9.81. The number of esters is 2. The summed E-state index contributed by atoms with van der Waals surface area (Å²) in [6, 6.07) is 0.865. The first-order chi connectivity index (χ1) is 13.0. The topological polar surface area (TPSA) is 55.8 Å². The van der Waals surface area contributed by atoms with Crippen molar-refractivity contribution < 1.29 is 19.1 Å². The van der Waals surface area contributed by atoms with Crippen molar-refractivity contribution in [3.8, 4) is 0 Å². The van der Waals surface area contributed by atoms with Crippen molar-refractivity contribution in [3.63, 3.8) is 0 Å². The predicted octanol–water partition coefficient (Wildman–Crippen LogP) is 3.01. The van der Waals surface area contributed by atoms with Crippen LogP contribution in [0.15, 0.2) is 0 Å². The molecule has 150 valence electrons. The summed E-state index contributed by atoms with van der Waals surface area (Å²) < 4.78 is 11.8. The van der Waals surface area contributed by atoms with Crippen molar-refractivity contribution in [3.05, 3.63) is 0 Å². The van der Waals surface area contributed by atoms with E-state index in [0.29, 0.717) is 35.8 Å². The van der Waals surface area contributed by atoms with E-state index in [1.165, 1.54) is 19.3 Å². The summed E-state index contributed by atoms with van der Waals surface area (Å²) in [4.78, 5) is 27.3. The maximum atomic E-state index is 12.5. The first kappa shape index (κ1) is 18.0. The summed E-state index contributed by atoms with van der Waals surface area (Å²) in [6.07, 6.45) is 6.87. The standard InChI is InChI=1S/C22H33NO4/c1-4-13-14-7-5-6-8-23-16(17-9-11(2)21(24)26-17)10-15(19(14)23)18-12(3)22(25)27-20(13)18/h11-20H,4-10H2,1-3H3/t11-,12-,13+,14-,15+,16-,17-,18-,19-,20+/m0/s1. The molecular weight excluding hydrogens is 342 g/mol. The molecule has 4 aliphatic heterocycles. The third-order valence-corrected chi connectivity index (χ3v) is 8.61. The summed E-state index contributed by atoms with van der Waals surface area (Å²) in [5.41, 5.74) is 0. The van der Waals surface area contributed by atoms with Crippen LogP contribution in [-0.4, -0.2) is 47.7 Å². The Bertz CT molecular complexity index is 636. The number of carbonyl (C=O) groups is 2. The number of cyclic esters (lactones) is 1. The number of hydrogen-bond acceptors (Lipinski definition) is 5. The van der Waals surface area contributed by atoms with Crippen LogP contribution in [0.2, 0.25) is 0 Å². The minimum Gasteiger partial charge on any atom is -0.462 e. The molecule has 0 N–H and O–H groups in total. The zero-order chi connectivity index (χ0) is 18.9. The summed E-state index contributed by atoms with van der Waals surface area (Å²) in [7, 11) is 0. The third-order valence-electron chi connectivity index (χ3n) is 8.61. The van der Waals surface area contributed by atoms with E-state index in [-0.39, 0.29) is 36.0 Å². The van der Waals surface area contributed by atoms with Gasteiger partial charge in [-0.05, 0) is 50.5 Å². The number of carbonyl (C=O) groups excluding carboxylic acids is 2. The zero-order valence-electron chi connectivity index (χ0n) is 16.8. The normalized spacial score (nSPS) is 52.1. The van der Waals surface area contributed by atoms with Gasteiger partial charge in [0.25, 0.3) is 0 Å².